The van der Waals surface area contributed by atoms with Gasteiger partial charge in [0.05, 0.1) is 12.0 Å². The van der Waals surface area contributed by atoms with E-state index in [4.69, 9.17) is 0 Å². The average Bonchev–Trinajstić information content (AvgIpc) is 2.53. The van der Waals surface area contributed by atoms with Crippen molar-refractivity contribution in [3.8, 4) is 0 Å². The van der Waals surface area contributed by atoms with Gasteiger partial charge in [0.25, 0.3) is 11.6 Å². The smallest absolute Gasteiger partial charge is 0.293 e. The van der Waals surface area contributed by atoms with Crippen LogP contribution in [0.2, 0.25) is 0 Å². The molecule has 2 N–H and O–H groups in total. The van der Waals surface area contributed by atoms with Gasteiger partial charge in [-0.3, -0.25) is 14.9 Å². The van der Waals surface area contributed by atoms with Crippen molar-refractivity contribution in [2.75, 3.05) is 18.9 Å². The highest BCUT2D eigenvalue weighted by Crippen LogP contribution is 2.29. The van der Waals surface area contributed by atoms with Gasteiger partial charge in [0.15, 0.2) is 6.54 Å². The van der Waals surface area contributed by atoms with Crippen LogP contribution in [0.25, 0.3) is 0 Å². The largest absolute Gasteiger partial charge is 0.326 e. The number of nitro benzene ring substituents is 1. The summed E-state index contributed by atoms with van der Waals surface area (Å²) in [5.74, 6) is -0.244. The number of hydrogen-bond acceptors (Lipinski definition) is 3. The highest BCUT2D eigenvalue weighted by molar-refractivity contribution is 9.10. The van der Waals surface area contributed by atoms with Crippen molar-refractivity contribution >= 4 is 33.2 Å². The third-order valence-corrected chi connectivity index (χ3v) is 4.59. The molecule has 0 fully saturated rings. The molecule has 1 amide bonds. The maximum Gasteiger partial charge on any atom is 0.293 e. The summed E-state index contributed by atoms with van der Waals surface area (Å²) in [6.45, 7) is 4.55. The van der Waals surface area contributed by atoms with E-state index >= 15 is 0 Å². The Balaban J connectivity index is 2.06. The first-order valence-electron chi connectivity index (χ1n) is 7.88. The molecule has 0 heterocycles. The Morgan fingerprint density at radius 3 is 2.44 bits per heavy atom. The molecule has 0 aromatic heterocycles. The van der Waals surface area contributed by atoms with Crippen molar-refractivity contribution < 1.29 is 14.6 Å². The number of carbonyl (C=O) groups excluding carboxylic acids is 1. The Morgan fingerprint density at radius 2 is 1.84 bits per heavy atom. The van der Waals surface area contributed by atoms with Crippen LogP contribution < -0.4 is 10.2 Å². The van der Waals surface area contributed by atoms with Crippen LogP contribution in [-0.2, 0) is 11.3 Å². The number of nitro groups is 1. The zero-order valence-electron chi connectivity index (χ0n) is 14.4. The van der Waals surface area contributed by atoms with Gasteiger partial charge in [-0.05, 0) is 37.1 Å². The molecule has 132 valence electrons. The van der Waals surface area contributed by atoms with Gasteiger partial charge >= 0.3 is 0 Å². The van der Waals surface area contributed by atoms with Crippen molar-refractivity contribution in [1.82, 2.24) is 0 Å². The van der Waals surface area contributed by atoms with Gasteiger partial charge in [-0.25, -0.2) is 0 Å². The van der Waals surface area contributed by atoms with Crippen molar-refractivity contribution in [3.05, 3.63) is 67.7 Å². The maximum absolute atomic E-state index is 12.3. The summed E-state index contributed by atoms with van der Waals surface area (Å²) >= 11 is 3.39. The summed E-state index contributed by atoms with van der Waals surface area (Å²) in [5, 5.41) is 13.9. The molecule has 0 aliphatic rings. The molecular formula is C18H21BrN3O3+. The highest BCUT2D eigenvalue weighted by atomic mass is 79.9. The van der Waals surface area contributed by atoms with Crippen LogP contribution in [0.5, 0.6) is 0 Å². The third kappa shape index (κ3) is 5.11. The summed E-state index contributed by atoms with van der Waals surface area (Å²) in [6, 6.07) is 11.0. The highest BCUT2D eigenvalue weighted by Gasteiger charge is 2.20. The number of carbonyl (C=O) groups is 1. The third-order valence-electron chi connectivity index (χ3n) is 4.06. The molecule has 7 heteroatoms. The first-order valence-corrected chi connectivity index (χ1v) is 8.67. The van der Waals surface area contributed by atoms with E-state index in [0.29, 0.717) is 12.1 Å². The van der Waals surface area contributed by atoms with E-state index in [1.807, 2.05) is 38.2 Å². The van der Waals surface area contributed by atoms with E-state index < -0.39 is 4.92 Å². The molecule has 0 saturated carbocycles. The minimum Gasteiger partial charge on any atom is -0.326 e. The van der Waals surface area contributed by atoms with Crippen LogP contribution in [0.1, 0.15) is 16.7 Å². The number of rotatable bonds is 6. The number of hydrogen-bond donors (Lipinski definition) is 2. The van der Waals surface area contributed by atoms with E-state index in [-0.39, 0.29) is 23.8 Å². The molecule has 25 heavy (non-hydrogen) atoms. The molecule has 0 radical (unpaired) electrons. The van der Waals surface area contributed by atoms with Gasteiger partial charge < -0.3 is 10.2 Å². The van der Waals surface area contributed by atoms with Gasteiger partial charge in [-0.2, -0.15) is 0 Å². The Labute approximate surface area is 155 Å². The van der Waals surface area contributed by atoms with Crippen molar-refractivity contribution in [3.63, 3.8) is 0 Å². The molecule has 2 aromatic rings. The normalized spacial score (nSPS) is 11.8. The van der Waals surface area contributed by atoms with Crippen molar-refractivity contribution in [2.24, 2.45) is 0 Å². The quantitative estimate of drug-likeness (QED) is 0.571. The van der Waals surface area contributed by atoms with Crippen LogP contribution in [0.15, 0.2) is 40.9 Å². The second kappa shape index (κ2) is 8.22. The van der Waals surface area contributed by atoms with Crippen molar-refractivity contribution in [1.29, 1.82) is 0 Å². The molecular weight excluding hydrogens is 386 g/mol. The lowest BCUT2D eigenvalue weighted by molar-refractivity contribution is -0.885. The van der Waals surface area contributed by atoms with Crippen LogP contribution in [-0.4, -0.2) is 24.4 Å². The first-order chi connectivity index (χ1) is 11.8. The fourth-order valence-electron chi connectivity index (χ4n) is 2.58. The second-order valence-corrected chi connectivity index (χ2v) is 7.06. The number of aryl methyl sites for hydroxylation is 1. The zero-order valence-corrected chi connectivity index (χ0v) is 16.0. The lowest BCUT2D eigenvalue weighted by Gasteiger charge is -2.15. The van der Waals surface area contributed by atoms with Crippen LogP contribution >= 0.6 is 15.9 Å². The first kappa shape index (κ1) is 19.1. The number of amides is 1. The molecule has 0 saturated heterocycles. The van der Waals surface area contributed by atoms with Gasteiger partial charge in [-0.15, -0.1) is 0 Å². The molecule has 0 bridgehead atoms. The molecule has 2 rings (SSSR count). The number of quaternary nitrogens is 1. The topological polar surface area (TPSA) is 76.7 Å². The van der Waals surface area contributed by atoms with Gasteiger partial charge in [-0.1, -0.05) is 34.1 Å². The van der Waals surface area contributed by atoms with E-state index in [0.717, 1.165) is 20.5 Å². The van der Waals surface area contributed by atoms with E-state index in [1.165, 1.54) is 6.07 Å². The number of anilines is 1. The van der Waals surface area contributed by atoms with E-state index in [1.54, 1.807) is 13.0 Å². The number of nitrogens with zero attached hydrogens (tertiary/aromatic N) is 1. The van der Waals surface area contributed by atoms with Crippen LogP contribution in [0.3, 0.4) is 0 Å². The molecule has 6 nitrogen and oxygen atoms in total. The average molecular weight is 407 g/mol. The monoisotopic (exact) mass is 406 g/mol. The van der Waals surface area contributed by atoms with E-state index in [2.05, 4.69) is 21.2 Å². The minimum atomic E-state index is -0.472. The minimum absolute atomic E-state index is 0.0815. The van der Waals surface area contributed by atoms with Gasteiger partial charge in [0.2, 0.25) is 0 Å². The maximum atomic E-state index is 12.3. The van der Waals surface area contributed by atoms with Gasteiger partial charge in [0, 0.05) is 16.1 Å². The summed E-state index contributed by atoms with van der Waals surface area (Å²) in [5.41, 5.74) is 2.93. The lowest BCUT2D eigenvalue weighted by atomic mass is 10.1. The second-order valence-electron chi connectivity index (χ2n) is 6.14. The van der Waals surface area contributed by atoms with Crippen molar-refractivity contribution in [2.45, 2.75) is 20.4 Å². The predicted octanol–water partition coefficient (Wildman–Crippen LogP) is 2.63. The Morgan fingerprint density at radius 1 is 1.20 bits per heavy atom. The number of likely N-dealkylation sites (N-methyl/N-ethyl adjacent to an activating group) is 1. The molecule has 1 atom stereocenters. The number of halogens is 1. The van der Waals surface area contributed by atoms with E-state index in [9.17, 15) is 14.9 Å². The zero-order chi connectivity index (χ0) is 18.6. The molecule has 0 aliphatic heterocycles. The molecule has 0 spiro atoms. The van der Waals surface area contributed by atoms with Crippen LogP contribution in [0.4, 0.5) is 11.4 Å². The Bertz CT molecular complexity index is 791. The summed E-state index contributed by atoms with van der Waals surface area (Å²) in [6.07, 6.45) is 0. The fraction of sp³-hybridized carbons (Fsp3) is 0.278. The number of nitrogens with one attached hydrogen (secondary N) is 2. The molecule has 2 aromatic carbocycles. The predicted molar refractivity (Wildman–Crippen MR) is 101 cm³/mol. The standard InChI is InChI=1S/C18H20BrN3O3/c1-12-4-9-16(22(24)25)18(13(12)2)20-17(23)11-21(3)10-14-5-7-15(19)8-6-14/h4-9H,10-11H2,1-3H3,(H,20,23)/p+1. The van der Waals surface area contributed by atoms with Crippen LogP contribution in [0, 0.1) is 24.0 Å². The SMILES string of the molecule is Cc1ccc([N+](=O)[O-])c(NC(=O)C[NH+](C)Cc2ccc(Br)cc2)c1C. The Kier molecular flexibility index (Phi) is 6.27. The summed E-state index contributed by atoms with van der Waals surface area (Å²) < 4.78 is 1.01. The molecule has 1 unspecified atom stereocenters. The Hall–Kier alpha value is -2.25. The lowest BCUT2D eigenvalue weighted by Crippen LogP contribution is -3.08. The van der Waals surface area contributed by atoms with Gasteiger partial charge in [0.1, 0.15) is 12.2 Å². The number of benzene rings is 2. The summed E-state index contributed by atoms with van der Waals surface area (Å²) in [4.78, 5) is 24.1. The fourth-order valence-corrected chi connectivity index (χ4v) is 2.85. The molecule has 0 aliphatic carbocycles. The summed E-state index contributed by atoms with van der Waals surface area (Å²) in [7, 11) is 1.92.